The Morgan fingerprint density at radius 1 is 1.33 bits per heavy atom. The van der Waals surface area contributed by atoms with Crippen LogP contribution in [0.25, 0.3) is 0 Å². The first-order valence-corrected chi connectivity index (χ1v) is 7.76. The molecule has 0 fully saturated rings. The van der Waals surface area contributed by atoms with Gasteiger partial charge in [0.25, 0.3) is 0 Å². The molecule has 1 aromatic heterocycles. The fourth-order valence-corrected chi connectivity index (χ4v) is 3.44. The predicted molar refractivity (Wildman–Crippen MR) is 86.4 cm³/mol. The number of rotatable bonds is 3. The van der Waals surface area contributed by atoms with E-state index in [0.717, 1.165) is 13.0 Å². The minimum atomic E-state index is 0.324. The fourth-order valence-electron chi connectivity index (χ4n) is 3.44. The summed E-state index contributed by atoms with van der Waals surface area (Å²) in [5, 5.41) is 8.13. The van der Waals surface area contributed by atoms with E-state index in [9.17, 15) is 0 Å². The van der Waals surface area contributed by atoms with Gasteiger partial charge in [0.1, 0.15) is 0 Å². The van der Waals surface area contributed by atoms with Crippen molar-refractivity contribution >= 4 is 0 Å². The lowest BCUT2D eigenvalue weighted by Crippen LogP contribution is -2.32. The topological polar surface area (TPSA) is 29.9 Å². The van der Waals surface area contributed by atoms with E-state index in [1.54, 1.807) is 0 Å². The molecule has 0 saturated heterocycles. The molecule has 3 nitrogen and oxygen atoms in total. The molecule has 0 bridgehead atoms. The minimum Gasteiger partial charge on any atom is -0.313 e. The molecule has 1 aliphatic rings. The van der Waals surface area contributed by atoms with Crippen LogP contribution in [0.15, 0.2) is 30.5 Å². The molecule has 1 unspecified atom stereocenters. The van der Waals surface area contributed by atoms with E-state index in [1.165, 1.54) is 28.8 Å². The van der Waals surface area contributed by atoms with Crippen LogP contribution in [-0.4, -0.2) is 16.8 Å². The molecule has 1 atom stereocenters. The van der Waals surface area contributed by atoms with Crippen LogP contribution in [-0.2, 0) is 13.0 Å². The lowest BCUT2D eigenvalue weighted by atomic mass is 9.74. The summed E-state index contributed by atoms with van der Waals surface area (Å²) in [6.07, 6.45) is 4.34. The Bertz CT molecular complexity index is 640. The Kier molecular flexibility index (Phi) is 3.62. The summed E-state index contributed by atoms with van der Waals surface area (Å²) in [6, 6.07) is 9.00. The van der Waals surface area contributed by atoms with Crippen molar-refractivity contribution in [1.82, 2.24) is 15.1 Å². The van der Waals surface area contributed by atoms with Crippen LogP contribution in [0.3, 0.4) is 0 Å². The van der Waals surface area contributed by atoms with Gasteiger partial charge in [-0.3, -0.25) is 4.68 Å². The van der Waals surface area contributed by atoms with Crippen molar-refractivity contribution < 1.29 is 0 Å². The zero-order chi connectivity index (χ0) is 15.0. The van der Waals surface area contributed by atoms with Crippen LogP contribution < -0.4 is 5.32 Å². The highest BCUT2D eigenvalue weighted by atomic mass is 15.3. The molecule has 0 radical (unpaired) electrons. The van der Waals surface area contributed by atoms with Gasteiger partial charge < -0.3 is 5.32 Å². The molecule has 0 amide bonds. The zero-order valence-electron chi connectivity index (χ0n) is 13.5. The summed E-state index contributed by atoms with van der Waals surface area (Å²) in [4.78, 5) is 0. The van der Waals surface area contributed by atoms with Crippen LogP contribution in [0.5, 0.6) is 0 Å². The molecule has 112 valence electrons. The number of hydrogen-bond acceptors (Lipinski definition) is 2. The number of benzene rings is 1. The van der Waals surface area contributed by atoms with Gasteiger partial charge in [-0.2, -0.15) is 5.10 Å². The van der Waals surface area contributed by atoms with Gasteiger partial charge in [0.2, 0.25) is 0 Å². The van der Waals surface area contributed by atoms with E-state index in [1.807, 2.05) is 0 Å². The first-order chi connectivity index (χ1) is 10.00. The van der Waals surface area contributed by atoms with E-state index < -0.39 is 0 Å². The quantitative estimate of drug-likeness (QED) is 0.934. The van der Waals surface area contributed by atoms with Gasteiger partial charge in [-0.1, -0.05) is 38.1 Å². The smallest absolute Gasteiger partial charge is 0.0665 e. The van der Waals surface area contributed by atoms with Gasteiger partial charge in [0.15, 0.2) is 0 Å². The minimum absolute atomic E-state index is 0.324. The van der Waals surface area contributed by atoms with Gasteiger partial charge in [0.05, 0.1) is 12.7 Å². The number of hydrogen-bond donors (Lipinski definition) is 1. The summed E-state index contributed by atoms with van der Waals surface area (Å²) >= 11 is 0. The van der Waals surface area contributed by atoms with Crippen LogP contribution in [0.4, 0.5) is 0 Å². The van der Waals surface area contributed by atoms with Crippen molar-refractivity contribution in [2.45, 2.75) is 46.2 Å². The standard InChI is InChI=1S/C18H25N3/c1-13-7-5-6-8-14(13)12-21-17-10-18(2,3)9-16(19-4)15(17)11-20-21/h5-8,11,16,19H,9-10,12H2,1-4H3. The molecule has 0 saturated carbocycles. The summed E-state index contributed by atoms with van der Waals surface area (Å²) in [5.74, 6) is 0. The summed E-state index contributed by atoms with van der Waals surface area (Å²) in [7, 11) is 2.05. The number of nitrogens with one attached hydrogen (secondary N) is 1. The molecule has 2 aromatic rings. The lowest BCUT2D eigenvalue weighted by Gasteiger charge is -2.35. The largest absolute Gasteiger partial charge is 0.313 e. The van der Waals surface area contributed by atoms with Gasteiger partial charge in [-0.25, -0.2) is 0 Å². The van der Waals surface area contributed by atoms with Crippen LogP contribution in [0.2, 0.25) is 0 Å². The molecule has 0 aliphatic heterocycles. The monoisotopic (exact) mass is 283 g/mol. The summed E-state index contributed by atoms with van der Waals surface area (Å²) in [6.45, 7) is 7.75. The van der Waals surface area contributed by atoms with Gasteiger partial charge >= 0.3 is 0 Å². The first kappa shape index (κ1) is 14.3. The highest BCUT2D eigenvalue weighted by molar-refractivity contribution is 5.30. The molecule has 1 aromatic carbocycles. The molecule has 0 spiro atoms. The number of nitrogens with zero attached hydrogens (tertiary/aromatic N) is 2. The highest BCUT2D eigenvalue weighted by Gasteiger charge is 2.34. The van der Waals surface area contributed by atoms with E-state index in [2.05, 4.69) is 73.4 Å². The number of aromatic nitrogens is 2. The van der Waals surface area contributed by atoms with Crippen LogP contribution in [0, 0.1) is 12.3 Å². The van der Waals surface area contributed by atoms with Crippen molar-refractivity contribution in [2.24, 2.45) is 5.41 Å². The maximum Gasteiger partial charge on any atom is 0.0665 e. The van der Waals surface area contributed by atoms with Crippen LogP contribution >= 0.6 is 0 Å². The first-order valence-electron chi connectivity index (χ1n) is 7.76. The van der Waals surface area contributed by atoms with Crippen molar-refractivity contribution in [3.63, 3.8) is 0 Å². The van der Waals surface area contributed by atoms with Gasteiger partial charge in [-0.15, -0.1) is 0 Å². The zero-order valence-corrected chi connectivity index (χ0v) is 13.5. The highest BCUT2D eigenvalue weighted by Crippen LogP contribution is 2.40. The van der Waals surface area contributed by atoms with E-state index >= 15 is 0 Å². The van der Waals surface area contributed by atoms with Crippen molar-refractivity contribution in [3.8, 4) is 0 Å². The normalized spacial score (nSPS) is 20.3. The molecule has 1 aliphatic carbocycles. The number of fused-ring (bicyclic) bond motifs is 1. The Hall–Kier alpha value is -1.61. The van der Waals surface area contributed by atoms with E-state index in [4.69, 9.17) is 0 Å². The Morgan fingerprint density at radius 3 is 2.81 bits per heavy atom. The van der Waals surface area contributed by atoms with Crippen molar-refractivity contribution in [3.05, 3.63) is 52.8 Å². The third kappa shape index (κ3) is 2.75. The second-order valence-electron chi connectivity index (χ2n) is 7.02. The van der Waals surface area contributed by atoms with E-state index in [0.29, 0.717) is 11.5 Å². The SMILES string of the molecule is CNC1CC(C)(C)Cc2c1cnn2Cc1ccccc1C. The molecule has 1 heterocycles. The molecular formula is C18H25N3. The Morgan fingerprint density at radius 2 is 2.10 bits per heavy atom. The number of aryl methyl sites for hydroxylation is 1. The molecule has 3 heteroatoms. The van der Waals surface area contributed by atoms with Gasteiger partial charge in [-0.05, 0) is 43.4 Å². The Balaban J connectivity index is 1.96. The maximum absolute atomic E-state index is 4.67. The molecular weight excluding hydrogens is 258 g/mol. The average Bonchev–Trinajstić information content (AvgIpc) is 2.82. The van der Waals surface area contributed by atoms with Gasteiger partial charge in [0, 0.05) is 17.3 Å². The van der Waals surface area contributed by atoms with Crippen molar-refractivity contribution in [2.75, 3.05) is 7.05 Å². The average molecular weight is 283 g/mol. The molecule has 3 rings (SSSR count). The summed E-state index contributed by atoms with van der Waals surface area (Å²) in [5.41, 5.74) is 5.79. The van der Waals surface area contributed by atoms with Crippen molar-refractivity contribution in [1.29, 1.82) is 0 Å². The lowest BCUT2D eigenvalue weighted by molar-refractivity contribution is 0.258. The Labute approximate surface area is 127 Å². The third-order valence-electron chi connectivity index (χ3n) is 4.69. The summed E-state index contributed by atoms with van der Waals surface area (Å²) < 4.78 is 2.20. The van der Waals surface area contributed by atoms with Crippen LogP contribution in [0.1, 0.15) is 48.7 Å². The second kappa shape index (κ2) is 5.30. The fraction of sp³-hybridized carbons (Fsp3) is 0.500. The predicted octanol–water partition coefficient (Wildman–Crippen LogP) is 3.47. The third-order valence-corrected chi connectivity index (χ3v) is 4.69. The molecule has 21 heavy (non-hydrogen) atoms. The maximum atomic E-state index is 4.67. The van der Waals surface area contributed by atoms with E-state index in [-0.39, 0.29) is 0 Å². The molecule has 1 N–H and O–H groups in total. The second-order valence-corrected chi connectivity index (χ2v) is 7.02.